The first-order valence-electron chi connectivity index (χ1n) is 12.9. The second-order valence-electron chi connectivity index (χ2n) is 10.7. The van der Waals surface area contributed by atoms with E-state index in [1.807, 2.05) is 6.07 Å². The van der Waals surface area contributed by atoms with Crippen LogP contribution in [0.5, 0.6) is 0 Å². The van der Waals surface area contributed by atoms with Gasteiger partial charge in [0.05, 0.1) is 9.52 Å². The van der Waals surface area contributed by atoms with Crippen LogP contribution in [-0.2, 0) is 26.3 Å². The van der Waals surface area contributed by atoms with Crippen molar-refractivity contribution < 1.29 is 20.8 Å². The molecular formula is C34H32Cl2SiZr. The Labute approximate surface area is 249 Å². The van der Waals surface area contributed by atoms with Gasteiger partial charge < -0.3 is 0 Å². The first kappa shape index (κ1) is 29.2. The summed E-state index contributed by atoms with van der Waals surface area (Å²) in [5.74, 6) is 0.521. The Morgan fingerprint density at radius 1 is 0.842 bits per heavy atom. The molecule has 1 aliphatic heterocycles. The van der Waals surface area contributed by atoms with Crippen molar-refractivity contribution in [3.8, 4) is 22.3 Å². The molecule has 0 saturated carbocycles. The van der Waals surface area contributed by atoms with Crippen molar-refractivity contribution in [2.45, 2.75) is 46.0 Å². The molecule has 0 atom stereocenters. The molecule has 5 aromatic carbocycles. The van der Waals surface area contributed by atoms with Crippen LogP contribution in [0.2, 0.25) is 0 Å². The Hall–Kier alpha value is -1.83. The number of halogens is 2. The van der Waals surface area contributed by atoms with Gasteiger partial charge in [0.25, 0.3) is 0 Å². The molecule has 5 aromatic rings. The van der Waals surface area contributed by atoms with Crippen LogP contribution in [0.3, 0.4) is 0 Å². The topological polar surface area (TPSA) is 0 Å². The van der Waals surface area contributed by atoms with Crippen molar-refractivity contribution in [3.63, 3.8) is 0 Å². The SMILES string of the molecule is CC(C)c1ccc2[cH-]c(C(C)(C)C)cc2c1-c1ccccc1.[Cl][Zr+2][Cl].[c-]1cccc2c1[Si]c1ccccc1-2. The molecule has 0 fully saturated rings. The fourth-order valence-electron chi connectivity index (χ4n) is 4.87. The Morgan fingerprint density at radius 3 is 2.18 bits per heavy atom. The van der Waals surface area contributed by atoms with Crippen molar-refractivity contribution in [1.82, 2.24) is 0 Å². The van der Waals surface area contributed by atoms with Crippen molar-refractivity contribution in [2.75, 3.05) is 0 Å². The largest absolute Gasteiger partial charge is 0.184 e. The minimum absolute atomic E-state index is 0.185. The van der Waals surface area contributed by atoms with Gasteiger partial charge >= 0.3 is 37.9 Å². The Balaban J connectivity index is 0.000000177. The maximum Gasteiger partial charge on any atom is 0.0920 e. The van der Waals surface area contributed by atoms with E-state index in [2.05, 4.69) is 132 Å². The van der Waals surface area contributed by atoms with E-state index in [1.165, 1.54) is 54.5 Å². The smallest absolute Gasteiger partial charge is 0.0920 e. The van der Waals surface area contributed by atoms with Crippen molar-refractivity contribution in [1.29, 1.82) is 0 Å². The third kappa shape index (κ3) is 6.65. The molecule has 0 amide bonds. The van der Waals surface area contributed by atoms with Crippen LogP contribution >= 0.6 is 17.0 Å². The normalized spacial score (nSPS) is 11.6. The van der Waals surface area contributed by atoms with Crippen LogP contribution in [0.15, 0.2) is 97.1 Å². The van der Waals surface area contributed by atoms with E-state index in [-0.39, 0.29) is 5.41 Å². The summed E-state index contributed by atoms with van der Waals surface area (Å²) in [4.78, 5) is 0. The second-order valence-corrected chi connectivity index (χ2v) is 15.8. The third-order valence-electron chi connectivity index (χ3n) is 6.81. The van der Waals surface area contributed by atoms with E-state index in [0.717, 1.165) is 9.52 Å². The summed E-state index contributed by atoms with van der Waals surface area (Å²) >= 11 is -0.826. The number of rotatable bonds is 2. The standard InChI is InChI=1S/C22H25.C12H7Si.2ClH.Zr/c1-15(2)19-12-11-17-13-18(22(3,4)5)14-20(17)21(19)16-9-7-6-8-10-16;1-3-7-11-9(5-1)10-6-2-4-8-12(10)13-11;;;/h6-15H,1-5H3;1-7H;2*1H;/q2*-1;;;+4/p-2. The van der Waals surface area contributed by atoms with Gasteiger partial charge in [-0.3, -0.25) is 0 Å². The average Bonchev–Trinajstić information content (AvgIpc) is 3.51. The summed E-state index contributed by atoms with van der Waals surface area (Å²) in [6, 6.07) is 38.3. The summed E-state index contributed by atoms with van der Waals surface area (Å²) in [5, 5.41) is 5.57. The van der Waals surface area contributed by atoms with Crippen molar-refractivity contribution in [3.05, 3.63) is 114 Å². The van der Waals surface area contributed by atoms with Crippen molar-refractivity contribution in [2.24, 2.45) is 0 Å². The van der Waals surface area contributed by atoms with Crippen LogP contribution in [0.25, 0.3) is 33.0 Å². The van der Waals surface area contributed by atoms with Gasteiger partial charge in [-0.15, -0.1) is 40.1 Å². The van der Waals surface area contributed by atoms with Crippen LogP contribution in [0, 0.1) is 6.07 Å². The van der Waals surface area contributed by atoms with Crippen LogP contribution < -0.4 is 10.4 Å². The third-order valence-corrected chi connectivity index (χ3v) is 8.17. The fraction of sp³-hybridized carbons (Fsp3) is 0.206. The molecule has 2 radical (unpaired) electrons. The van der Waals surface area contributed by atoms with Gasteiger partial charge in [0.2, 0.25) is 0 Å². The molecule has 190 valence electrons. The summed E-state index contributed by atoms with van der Waals surface area (Å²) in [6.07, 6.45) is 0. The molecule has 0 unspecified atom stereocenters. The van der Waals surface area contributed by atoms with Crippen LogP contribution in [-0.4, -0.2) is 9.52 Å². The van der Waals surface area contributed by atoms with E-state index in [0.29, 0.717) is 5.92 Å². The maximum atomic E-state index is 4.93. The summed E-state index contributed by atoms with van der Waals surface area (Å²) < 4.78 is 0. The fourth-order valence-corrected chi connectivity index (χ4v) is 6.18. The Bertz CT molecular complexity index is 1450. The Kier molecular flexibility index (Phi) is 9.99. The van der Waals surface area contributed by atoms with Gasteiger partial charge in [-0.05, 0) is 16.9 Å². The molecule has 0 saturated heterocycles. The van der Waals surface area contributed by atoms with Crippen LogP contribution in [0.4, 0.5) is 0 Å². The minimum atomic E-state index is -0.826. The minimum Gasteiger partial charge on any atom is -0.184 e. The van der Waals surface area contributed by atoms with Gasteiger partial charge in [-0.1, -0.05) is 111 Å². The molecule has 0 nitrogen and oxygen atoms in total. The Morgan fingerprint density at radius 2 is 1.50 bits per heavy atom. The monoisotopic (exact) mass is 628 g/mol. The molecule has 1 aliphatic rings. The zero-order chi connectivity index (χ0) is 27.3. The van der Waals surface area contributed by atoms with Gasteiger partial charge in [0.1, 0.15) is 0 Å². The molecule has 0 spiro atoms. The molecule has 0 N–H and O–H groups in total. The summed E-state index contributed by atoms with van der Waals surface area (Å²) in [7, 11) is 10.7. The van der Waals surface area contributed by atoms with E-state index < -0.39 is 20.8 Å². The van der Waals surface area contributed by atoms with Crippen LogP contribution in [0.1, 0.15) is 51.7 Å². The molecule has 0 aromatic heterocycles. The van der Waals surface area contributed by atoms with E-state index in [4.69, 9.17) is 17.0 Å². The first-order chi connectivity index (χ1) is 18.2. The second kappa shape index (κ2) is 13.0. The van der Waals surface area contributed by atoms with E-state index in [9.17, 15) is 0 Å². The summed E-state index contributed by atoms with van der Waals surface area (Å²) in [6.45, 7) is 11.4. The number of hydrogen-bond donors (Lipinski definition) is 0. The molecule has 4 heteroatoms. The number of fused-ring (bicyclic) bond motifs is 4. The molecule has 6 rings (SSSR count). The average molecular weight is 631 g/mol. The van der Waals surface area contributed by atoms with Gasteiger partial charge in [-0.2, -0.15) is 35.5 Å². The number of benzene rings is 4. The predicted octanol–water partition coefficient (Wildman–Crippen LogP) is 9.15. The zero-order valence-electron chi connectivity index (χ0n) is 22.6. The van der Waals surface area contributed by atoms with E-state index >= 15 is 0 Å². The van der Waals surface area contributed by atoms with E-state index in [1.54, 1.807) is 0 Å². The van der Waals surface area contributed by atoms with Crippen molar-refractivity contribution >= 4 is 47.7 Å². The predicted molar refractivity (Wildman–Crippen MR) is 165 cm³/mol. The number of hydrogen-bond acceptors (Lipinski definition) is 0. The van der Waals surface area contributed by atoms with Gasteiger partial charge in [0.15, 0.2) is 0 Å². The van der Waals surface area contributed by atoms with Gasteiger partial charge in [-0.25, -0.2) is 0 Å². The molecule has 0 bridgehead atoms. The zero-order valence-corrected chi connectivity index (χ0v) is 27.5. The molecule has 1 heterocycles. The summed E-state index contributed by atoms with van der Waals surface area (Å²) in [5.41, 5.74) is 8.53. The molecular weight excluding hydrogens is 599 g/mol. The maximum absolute atomic E-state index is 4.93. The molecule has 0 aliphatic carbocycles. The van der Waals surface area contributed by atoms with Gasteiger partial charge in [0, 0.05) is 0 Å². The first-order valence-corrected chi connectivity index (χ1v) is 20.2. The quantitative estimate of drug-likeness (QED) is 0.132. The molecule has 38 heavy (non-hydrogen) atoms.